The first-order valence-electron chi connectivity index (χ1n) is 6.69. The van der Waals surface area contributed by atoms with Crippen LogP contribution >= 0.6 is 0 Å². The van der Waals surface area contributed by atoms with Crippen LogP contribution in [0.15, 0.2) is 0 Å². The molecule has 1 heterocycles. The lowest BCUT2D eigenvalue weighted by Gasteiger charge is -2.25. The van der Waals surface area contributed by atoms with Gasteiger partial charge in [0, 0.05) is 0 Å². The summed E-state index contributed by atoms with van der Waals surface area (Å²) in [4.78, 5) is 11.3. The van der Waals surface area contributed by atoms with E-state index < -0.39 is 0 Å². The van der Waals surface area contributed by atoms with Gasteiger partial charge in [0.25, 0.3) is 0 Å². The van der Waals surface area contributed by atoms with E-state index in [2.05, 4.69) is 12.2 Å². The molecule has 0 aromatic heterocycles. The molecule has 0 amide bonds. The van der Waals surface area contributed by atoms with E-state index in [9.17, 15) is 4.79 Å². The van der Waals surface area contributed by atoms with Crippen LogP contribution in [0.2, 0.25) is 0 Å². The Morgan fingerprint density at radius 3 is 2.50 bits per heavy atom. The molecule has 1 fully saturated rings. The smallest absolute Gasteiger partial charge is 0.306 e. The Balaban J connectivity index is 1.80. The van der Waals surface area contributed by atoms with Crippen molar-refractivity contribution in [1.29, 1.82) is 0 Å². The third kappa shape index (κ3) is 6.11. The second-order valence-electron chi connectivity index (χ2n) is 4.72. The minimum atomic E-state index is -0.0138. The van der Waals surface area contributed by atoms with Gasteiger partial charge in [0.2, 0.25) is 0 Å². The molecule has 0 unspecified atom stereocenters. The van der Waals surface area contributed by atoms with E-state index in [1.165, 1.54) is 32.1 Å². The van der Waals surface area contributed by atoms with Crippen LogP contribution in [0.5, 0.6) is 0 Å². The Hall–Kier alpha value is -0.570. The quantitative estimate of drug-likeness (QED) is 0.486. The van der Waals surface area contributed by atoms with Crippen LogP contribution in [-0.2, 0) is 9.53 Å². The van der Waals surface area contributed by atoms with Crippen molar-refractivity contribution in [2.24, 2.45) is 5.92 Å². The molecule has 1 saturated heterocycles. The monoisotopic (exact) mass is 227 g/mol. The summed E-state index contributed by atoms with van der Waals surface area (Å²) in [6, 6.07) is 0. The van der Waals surface area contributed by atoms with Crippen molar-refractivity contribution in [3.63, 3.8) is 0 Å². The second-order valence-corrected chi connectivity index (χ2v) is 4.72. The molecule has 0 bridgehead atoms. The molecule has 16 heavy (non-hydrogen) atoms. The first-order valence-corrected chi connectivity index (χ1v) is 6.69. The highest BCUT2D eigenvalue weighted by molar-refractivity contribution is 5.69. The molecule has 1 aliphatic heterocycles. The lowest BCUT2D eigenvalue weighted by Crippen LogP contribution is -2.43. The highest BCUT2D eigenvalue weighted by Gasteiger charge is 2.20. The van der Waals surface area contributed by atoms with Crippen molar-refractivity contribution >= 4 is 5.97 Å². The summed E-state index contributed by atoms with van der Waals surface area (Å²) in [6.07, 6.45) is 8.02. The molecule has 0 aromatic rings. The molecule has 1 aliphatic rings. The van der Waals surface area contributed by atoms with Gasteiger partial charge in [-0.15, -0.1) is 0 Å². The maximum atomic E-state index is 11.3. The predicted molar refractivity (Wildman–Crippen MR) is 65.3 cm³/mol. The van der Waals surface area contributed by atoms with E-state index in [1.54, 1.807) is 0 Å². The van der Waals surface area contributed by atoms with Gasteiger partial charge in [0.05, 0.1) is 13.0 Å². The predicted octanol–water partition coefficient (Wildman–Crippen LogP) is 2.50. The molecule has 1 rings (SSSR count). The van der Waals surface area contributed by atoms with E-state index in [4.69, 9.17) is 4.74 Å². The van der Waals surface area contributed by atoms with Crippen LogP contribution in [0.4, 0.5) is 0 Å². The Labute approximate surface area is 98.9 Å². The van der Waals surface area contributed by atoms with E-state index in [0.717, 1.165) is 19.5 Å². The van der Waals surface area contributed by atoms with Crippen molar-refractivity contribution in [1.82, 2.24) is 5.32 Å². The topological polar surface area (TPSA) is 38.3 Å². The first-order chi connectivity index (χ1) is 7.83. The number of ether oxygens (including phenoxy) is 1. The molecule has 0 aromatic carbocycles. The van der Waals surface area contributed by atoms with Gasteiger partial charge in [0.1, 0.15) is 0 Å². The fraction of sp³-hybridized carbons (Fsp3) is 0.923. The number of carbonyl (C=O) groups excluding carboxylic acids is 1. The van der Waals surface area contributed by atoms with E-state index >= 15 is 0 Å². The molecule has 3 heteroatoms. The summed E-state index contributed by atoms with van der Waals surface area (Å²) in [5, 5.41) is 3.15. The molecule has 0 saturated carbocycles. The van der Waals surface area contributed by atoms with Gasteiger partial charge in [-0.3, -0.25) is 4.79 Å². The van der Waals surface area contributed by atoms with Crippen molar-refractivity contribution in [3.8, 4) is 0 Å². The molecule has 0 atom stereocenters. The minimum Gasteiger partial charge on any atom is -0.466 e. The molecule has 0 spiro atoms. The lowest BCUT2D eigenvalue weighted by molar-refractivity contribution is -0.145. The maximum Gasteiger partial charge on any atom is 0.306 e. The third-order valence-corrected chi connectivity index (χ3v) is 3.08. The largest absolute Gasteiger partial charge is 0.466 e. The molecule has 94 valence electrons. The van der Waals surface area contributed by atoms with Gasteiger partial charge in [-0.2, -0.15) is 0 Å². The third-order valence-electron chi connectivity index (χ3n) is 3.08. The minimum absolute atomic E-state index is 0.0138. The Bertz CT molecular complexity index is 190. The average Bonchev–Trinajstić information content (AvgIpc) is 2.22. The van der Waals surface area contributed by atoms with Crippen molar-refractivity contribution in [2.45, 2.75) is 51.9 Å². The zero-order chi connectivity index (χ0) is 11.6. The van der Waals surface area contributed by atoms with Gasteiger partial charge in [-0.25, -0.2) is 0 Å². The number of rotatable bonds is 9. The fourth-order valence-electron chi connectivity index (χ4n) is 1.86. The van der Waals surface area contributed by atoms with Crippen LogP contribution in [0, 0.1) is 5.92 Å². The molecular formula is C13H25NO2. The summed E-state index contributed by atoms with van der Waals surface area (Å²) >= 11 is 0. The number of esters is 1. The zero-order valence-corrected chi connectivity index (χ0v) is 10.5. The maximum absolute atomic E-state index is 11.3. The van der Waals surface area contributed by atoms with Crippen molar-refractivity contribution in [2.75, 3.05) is 19.7 Å². The molecule has 0 aliphatic carbocycles. The second kappa shape index (κ2) is 8.57. The van der Waals surface area contributed by atoms with Crippen molar-refractivity contribution < 1.29 is 9.53 Å². The lowest BCUT2D eigenvalue weighted by atomic mass is 10.00. The molecule has 0 radical (unpaired) electrons. The van der Waals surface area contributed by atoms with Crippen LogP contribution in [-0.4, -0.2) is 25.7 Å². The number of carbonyl (C=O) groups is 1. The summed E-state index contributed by atoms with van der Waals surface area (Å²) in [5.41, 5.74) is 0. The van der Waals surface area contributed by atoms with Gasteiger partial charge >= 0.3 is 5.97 Å². The highest BCUT2D eigenvalue weighted by atomic mass is 16.5. The summed E-state index contributed by atoms with van der Waals surface area (Å²) in [5.74, 6) is 0.511. The van der Waals surface area contributed by atoms with Gasteiger partial charge in [-0.05, 0) is 25.4 Å². The van der Waals surface area contributed by atoms with Crippen LogP contribution < -0.4 is 5.32 Å². The SMILES string of the molecule is CCCCCCCCOC(=O)CC1CNC1. The van der Waals surface area contributed by atoms with E-state index in [-0.39, 0.29) is 5.97 Å². The van der Waals surface area contributed by atoms with E-state index in [1.807, 2.05) is 0 Å². The zero-order valence-electron chi connectivity index (χ0n) is 10.5. The normalized spacial score (nSPS) is 15.8. The Morgan fingerprint density at radius 2 is 1.88 bits per heavy atom. The molecular weight excluding hydrogens is 202 g/mol. The first kappa shape index (κ1) is 13.5. The van der Waals surface area contributed by atoms with E-state index in [0.29, 0.717) is 18.9 Å². The van der Waals surface area contributed by atoms with Crippen LogP contribution in [0.3, 0.4) is 0 Å². The number of hydrogen-bond donors (Lipinski definition) is 1. The number of nitrogens with one attached hydrogen (secondary N) is 1. The number of unbranched alkanes of at least 4 members (excludes halogenated alkanes) is 5. The highest BCUT2D eigenvalue weighted by Crippen LogP contribution is 2.10. The summed E-state index contributed by atoms with van der Waals surface area (Å²) < 4.78 is 5.19. The fourth-order valence-corrected chi connectivity index (χ4v) is 1.86. The van der Waals surface area contributed by atoms with Gasteiger partial charge < -0.3 is 10.1 Å². The Morgan fingerprint density at radius 1 is 1.19 bits per heavy atom. The molecule has 1 N–H and O–H groups in total. The Kier molecular flexibility index (Phi) is 7.23. The van der Waals surface area contributed by atoms with Gasteiger partial charge in [0.15, 0.2) is 0 Å². The summed E-state index contributed by atoms with van der Waals surface area (Å²) in [7, 11) is 0. The van der Waals surface area contributed by atoms with Crippen molar-refractivity contribution in [3.05, 3.63) is 0 Å². The van der Waals surface area contributed by atoms with Gasteiger partial charge in [-0.1, -0.05) is 39.0 Å². The van der Waals surface area contributed by atoms with Crippen LogP contribution in [0.1, 0.15) is 51.9 Å². The van der Waals surface area contributed by atoms with Crippen LogP contribution in [0.25, 0.3) is 0 Å². The number of hydrogen-bond acceptors (Lipinski definition) is 3. The standard InChI is InChI=1S/C13H25NO2/c1-2-3-4-5-6-7-8-16-13(15)9-12-10-14-11-12/h12,14H,2-11H2,1H3. The molecule has 3 nitrogen and oxygen atoms in total. The summed E-state index contributed by atoms with van der Waals surface area (Å²) in [6.45, 7) is 4.79. The average molecular weight is 227 g/mol.